The van der Waals surface area contributed by atoms with E-state index in [1.54, 1.807) is 0 Å². The molecule has 2 aromatic rings. The molecule has 1 saturated carbocycles. The molecule has 2 aromatic heterocycles. The number of nitrogen functional groups attached to an aromatic ring is 1. The van der Waals surface area contributed by atoms with Crippen LogP contribution in [0.3, 0.4) is 0 Å². The van der Waals surface area contributed by atoms with Gasteiger partial charge >= 0.3 is 5.97 Å². The van der Waals surface area contributed by atoms with E-state index in [0.717, 1.165) is 0 Å². The molecule has 10 nitrogen and oxygen atoms in total. The van der Waals surface area contributed by atoms with Crippen LogP contribution in [-0.4, -0.2) is 54.0 Å². The van der Waals surface area contributed by atoms with Gasteiger partial charge < -0.3 is 25.3 Å². The fourth-order valence-electron chi connectivity index (χ4n) is 3.28. The van der Waals surface area contributed by atoms with E-state index in [9.17, 15) is 19.8 Å². The molecule has 0 amide bonds. The number of H-pyrrole nitrogens is 1. The van der Waals surface area contributed by atoms with Gasteiger partial charge in [0.1, 0.15) is 5.60 Å². The fourth-order valence-corrected chi connectivity index (χ4v) is 3.28. The number of nitrogens with two attached hydrogens (primary N) is 1. The summed E-state index contributed by atoms with van der Waals surface area (Å²) in [5.74, 6) is -0.978. The number of nitrogens with one attached hydrogen (secondary N) is 1. The predicted octanol–water partition coefficient (Wildman–Crippen LogP) is -1.06. The second-order valence-electron chi connectivity index (χ2n) is 6.26. The average molecular weight is 337 g/mol. The van der Waals surface area contributed by atoms with Gasteiger partial charge in [-0.25, -0.2) is 4.98 Å². The molecule has 0 saturated heterocycles. The molecule has 0 unspecified atom stereocenters. The Morgan fingerprint density at radius 1 is 1.62 bits per heavy atom. The van der Waals surface area contributed by atoms with Gasteiger partial charge in [0.25, 0.3) is 5.56 Å². The Morgan fingerprint density at radius 3 is 3.00 bits per heavy atom. The Balaban J connectivity index is 2.00. The number of nitrogens with zero attached hydrogens (tertiary/aromatic N) is 3. The molecule has 130 valence electrons. The third-order valence-electron chi connectivity index (χ3n) is 4.53. The Morgan fingerprint density at radius 2 is 2.33 bits per heavy atom. The number of carbonyl (C=O) groups is 1. The van der Waals surface area contributed by atoms with Crippen LogP contribution in [0.25, 0.3) is 11.2 Å². The van der Waals surface area contributed by atoms with Crippen LogP contribution in [0.1, 0.15) is 26.3 Å². The lowest BCUT2D eigenvalue weighted by Crippen LogP contribution is -2.43. The second kappa shape index (κ2) is 5.56. The van der Waals surface area contributed by atoms with Gasteiger partial charge in [-0.3, -0.25) is 14.6 Å². The molecular formula is C14H19N5O5. The summed E-state index contributed by atoms with van der Waals surface area (Å²) in [6.07, 6.45) is 0.590. The van der Waals surface area contributed by atoms with Crippen LogP contribution in [0, 0.1) is 5.92 Å². The van der Waals surface area contributed by atoms with E-state index in [0.29, 0.717) is 6.42 Å². The van der Waals surface area contributed by atoms with Gasteiger partial charge in [0.15, 0.2) is 11.2 Å². The molecule has 1 fully saturated rings. The number of aromatic amines is 1. The van der Waals surface area contributed by atoms with Crippen molar-refractivity contribution in [2.75, 3.05) is 12.3 Å². The average Bonchev–Trinajstić information content (AvgIpc) is 2.98. The van der Waals surface area contributed by atoms with Crippen molar-refractivity contribution in [1.29, 1.82) is 0 Å². The Hall–Kier alpha value is -2.46. The number of hydrogen-bond donors (Lipinski definition) is 4. The molecule has 24 heavy (non-hydrogen) atoms. The van der Waals surface area contributed by atoms with Crippen molar-refractivity contribution in [2.45, 2.75) is 38.0 Å². The minimum atomic E-state index is -1.52. The molecule has 10 heteroatoms. The summed E-state index contributed by atoms with van der Waals surface area (Å²) in [6, 6.07) is -0.605. The van der Waals surface area contributed by atoms with Crippen LogP contribution < -0.4 is 11.3 Å². The highest BCUT2D eigenvalue weighted by Gasteiger charge is 2.52. The van der Waals surface area contributed by atoms with Crippen molar-refractivity contribution < 1.29 is 19.7 Å². The first kappa shape index (κ1) is 16.4. The van der Waals surface area contributed by atoms with Crippen molar-refractivity contribution in [1.82, 2.24) is 19.5 Å². The van der Waals surface area contributed by atoms with Crippen molar-refractivity contribution in [3.63, 3.8) is 0 Å². The third kappa shape index (κ3) is 2.53. The molecular weight excluding hydrogens is 318 g/mol. The number of aromatic nitrogens is 4. The largest absolute Gasteiger partial charge is 0.465 e. The molecule has 1 aliphatic rings. The SMILES string of the molecule is CC(=O)OC[C@H]1C[C@@H](n2cnc3c(=O)[nH]c(N)nc32)[C@](C)(O)[C@@H]1O. The van der Waals surface area contributed by atoms with Crippen LogP contribution >= 0.6 is 0 Å². The quantitative estimate of drug-likeness (QED) is 0.516. The van der Waals surface area contributed by atoms with Crippen LogP contribution in [0.4, 0.5) is 5.95 Å². The van der Waals surface area contributed by atoms with E-state index >= 15 is 0 Å². The Labute approximate surface area is 136 Å². The maximum atomic E-state index is 11.9. The number of imidazole rings is 1. The topological polar surface area (TPSA) is 156 Å². The lowest BCUT2D eigenvalue weighted by atomic mass is 9.96. The van der Waals surface area contributed by atoms with Crippen LogP contribution in [-0.2, 0) is 9.53 Å². The lowest BCUT2D eigenvalue weighted by molar-refractivity contribution is -0.144. The Bertz CT molecular complexity index is 842. The number of hydrogen-bond acceptors (Lipinski definition) is 8. The van der Waals surface area contributed by atoms with Crippen molar-refractivity contribution in [3.8, 4) is 0 Å². The van der Waals surface area contributed by atoms with Crippen molar-refractivity contribution >= 4 is 23.1 Å². The number of anilines is 1. The van der Waals surface area contributed by atoms with E-state index < -0.39 is 35.2 Å². The maximum absolute atomic E-state index is 11.9. The summed E-state index contributed by atoms with van der Waals surface area (Å²) in [5.41, 5.74) is 3.90. The smallest absolute Gasteiger partial charge is 0.302 e. The number of aliphatic hydroxyl groups is 2. The number of esters is 1. The fraction of sp³-hybridized carbons (Fsp3) is 0.571. The van der Waals surface area contributed by atoms with E-state index in [2.05, 4.69) is 15.0 Å². The summed E-state index contributed by atoms with van der Waals surface area (Å²) >= 11 is 0. The van der Waals surface area contributed by atoms with Crippen molar-refractivity contribution in [2.24, 2.45) is 5.92 Å². The zero-order chi connectivity index (χ0) is 17.6. The summed E-state index contributed by atoms with van der Waals surface area (Å²) < 4.78 is 6.48. The van der Waals surface area contributed by atoms with Crippen molar-refractivity contribution in [3.05, 3.63) is 16.7 Å². The normalized spacial score (nSPS) is 29.9. The highest BCUT2D eigenvalue weighted by atomic mass is 16.5. The first-order valence-electron chi connectivity index (χ1n) is 7.48. The van der Waals surface area contributed by atoms with Crippen LogP contribution in [0.5, 0.6) is 0 Å². The van der Waals surface area contributed by atoms with Gasteiger partial charge in [0.2, 0.25) is 5.95 Å². The molecule has 1 aliphatic carbocycles. The van der Waals surface area contributed by atoms with Gasteiger partial charge in [-0.1, -0.05) is 0 Å². The van der Waals surface area contributed by atoms with E-state index in [1.165, 1.54) is 24.7 Å². The van der Waals surface area contributed by atoms with Gasteiger partial charge in [0.05, 0.1) is 25.1 Å². The zero-order valence-electron chi connectivity index (χ0n) is 13.3. The lowest BCUT2D eigenvalue weighted by Gasteiger charge is -2.30. The molecule has 0 bridgehead atoms. The number of carbonyl (C=O) groups excluding carboxylic acids is 1. The summed E-state index contributed by atoms with van der Waals surface area (Å²) in [4.78, 5) is 33.3. The first-order valence-corrected chi connectivity index (χ1v) is 7.48. The van der Waals surface area contributed by atoms with E-state index in [1.807, 2.05) is 0 Å². The number of aliphatic hydroxyl groups excluding tert-OH is 1. The zero-order valence-corrected chi connectivity index (χ0v) is 13.3. The number of rotatable bonds is 3. The standard InChI is InChI=1S/C14H19N5O5/c1-6(20)24-4-7-3-8(14(2,23)10(7)21)19-5-16-9-11(19)17-13(15)18-12(9)22/h5,7-8,10,21,23H,3-4H2,1-2H3,(H3,15,17,18,22)/t7-,8-,10-,14+/m1/s1. The summed E-state index contributed by atoms with van der Waals surface area (Å²) in [6.45, 7) is 2.75. The molecule has 0 aromatic carbocycles. The van der Waals surface area contributed by atoms with Gasteiger partial charge in [-0.05, 0) is 13.3 Å². The number of ether oxygens (including phenoxy) is 1. The number of fused-ring (bicyclic) bond motifs is 1. The van der Waals surface area contributed by atoms with Gasteiger partial charge in [0, 0.05) is 12.8 Å². The van der Waals surface area contributed by atoms with Crippen LogP contribution in [0.15, 0.2) is 11.1 Å². The summed E-state index contributed by atoms with van der Waals surface area (Å²) in [5, 5.41) is 21.1. The molecule has 0 spiro atoms. The molecule has 2 heterocycles. The van der Waals surface area contributed by atoms with Gasteiger partial charge in [-0.2, -0.15) is 4.98 Å². The third-order valence-corrected chi connectivity index (χ3v) is 4.53. The highest BCUT2D eigenvalue weighted by Crippen LogP contribution is 2.44. The van der Waals surface area contributed by atoms with Gasteiger partial charge in [-0.15, -0.1) is 0 Å². The molecule has 0 radical (unpaired) electrons. The highest BCUT2D eigenvalue weighted by molar-refractivity contribution is 5.70. The second-order valence-corrected chi connectivity index (χ2v) is 6.26. The molecule has 3 rings (SSSR count). The molecule has 0 aliphatic heterocycles. The summed E-state index contributed by atoms with van der Waals surface area (Å²) in [7, 11) is 0. The van der Waals surface area contributed by atoms with E-state index in [4.69, 9.17) is 10.5 Å². The monoisotopic (exact) mass is 337 g/mol. The first-order chi connectivity index (χ1) is 11.2. The maximum Gasteiger partial charge on any atom is 0.302 e. The predicted molar refractivity (Wildman–Crippen MR) is 83.0 cm³/mol. The van der Waals surface area contributed by atoms with Crippen LogP contribution in [0.2, 0.25) is 0 Å². The van der Waals surface area contributed by atoms with E-state index in [-0.39, 0.29) is 23.7 Å². The minimum absolute atomic E-state index is 0.00801. The molecule has 4 atom stereocenters. The Kier molecular flexibility index (Phi) is 3.80. The minimum Gasteiger partial charge on any atom is -0.465 e. The molecule has 5 N–H and O–H groups in total.